The topological polar surface area (TPSA) is 64.3 Å². The molecule has 0 radical (unpaired) electrons. The smallest absolute Gasteiger partial charge is 0.266 e. The van der Waals surface area contributed by atoms with Crippen molar-refractivity contribution in [1.29, 1.82) is 0 Å². The van der Waals surface area contributed by atoms with Gasteiger partial charge >= 0.3 is 0 Å². The largest absolute Gasteiger partial charge is 0.296 e. The first-order valence-electron chi connectivity index (χ1n) is 7.84. The third kappa shape index (κ3) is 3.36. The van der Waals surface area contributed by atoms with E-state index in [1.165, 1.54) is 4.52 Å². The van der Waals surface area contributed by atoms with E-state index < -0.39 is 5.56 Å². The van der Waals surface area contributed by atoms with Crippen LogP contribution in [0, 0.1) is 0 Å². The van der Waals surface area contributed by atoms with Crippen LogP contribution >= 0.6 is 27.3 Å². The van der Waals surface area contributed by atoms with E-state index in [0.717, 1.165) is 26.9 Å². The van der Waals surface area contributed by atoms with Gasteiger partial charge in [-0.05, 0) is 29.3 Å². The fourth-order valence-electron chi connectivity index (χ4n) is 2.55. The molecule has 0 spiro atoms. The van der Waals surface area contributed by atoms with Gasteiger partial charge < -0.3 is 0 Å². The van der Waals surface area contributed by atoms with Crippen LogP contribution in [-0.2, 0) is 6.42 Å². The lowest BCUT2D eigenvalue weighted by molar-refractivity contribution is 0.811. The lowest BCUT2D eigenvalue weighted by atomic mass is 10.1. The highest BCUT2D eigenvalue weighted by Gasteiger charge is 2.11. The first-order valence-corrected chi connectivity index (χ1v) is 9.45. The van der Waals surface area contributed by atoms with Gasteiger partial charge in [-0.3, -0.25) is 9.59 Å². The Balaban J connectivity index is 1.81. The van der Waals surface area contributed by atoms with Gasteiger partial charge in [0.2, 0.25) is 4.96 Å². The summed E-state index contributed by atoms with van der Waals surface area (Å²) in [6.45, 7) is 0. The fraction of sp³-hybridized carbons (Fsp3) is 0.0526. The third-order valence-corrected chi connectivity index (χ3v) is 5.32. The minimum atomic E-state index is -0.398. The zero-order valence-corrected chi connectivity index (χ0v) is 15.8. The number of hydrogen-bond donors (Lipinski definition) is 0. The molecule has 2 heterocycles. The number of thiazole rings is 1. The number of aromatic nitrogens is 3. The number of nitrogens with zero attached hydrogens (tertiary/aromatic N) is 3. The van der Waals surface area contributed by atoms with Gasteiger partial charge in [0.25, 0.3) is 11.1 Å². The van der Waals surface area contributed by atoms with Gasteiger partial charge in [0.1, 0.15) is 5.69 Å². The molecule has 0 fully saturated rings. The van der Waals surface area contributed by atoms with Crippen LogP contribution in [0.5, 0.6) is 0 Å². The highest BCUT2D eigenvalue weighted by atomic mass is 79.9. The molecule has 0 atom stereocenters. The van der Waals surface area contributed by atoms with Crippen molar-refractivity contribution in [2.75, 3.05) is 0 Å². The molecule has 4 rings (SSSR count). The maximum Gasteiger partial charge on any atom is 0.296 e. The van der Waals surface area contributed by atoms with E-state index in [-0.39, 0.29) is 11.3 Å². The maximum atomic E-state index is 12.6. The van der Waals surface area contributed by atoms with Crippen molar-refractivity contribution in [3.8, 4) is 0 Å². The average molecular weight is 426 g/mol. The molecular formula is C19H12BrN3O2S. The van der Waals surface area contributed by atoms with Crippen molar-refractivity contribution in [2.24, 2.45) is 0 Å². The SMILES string of the molecule is O=c1nc2s/c(=C\c3ccc(Br)cc3)c(=O)n2nc1Cc1ccccc1. The minimum Gasteiger partial charge on any atom is -0.266 e. The van der Waals surface area contributed by atoms with E-state index in [1.807, 2.05) is 54.6 Å². The number of halogens is 1. The van der Waals surface area contributed by atoms with Gasteiger partial charge in [-0.1, -0.05) is 69.7 Å². The molecule has 5 nitrogen and oxygen atoms in total. The summed E-state index contributed by atoms with van der Waals surface area (Å²) < 4.78 is 2.67. The van der Waals surface area contributed by atoms with E-state index in [4.69, 9.17) is 0 Å². The summed E-state index contributed by atoms with van der Waals surface area (Å²) >= 11 is 4.55. The van der Waals surface area contributed by atoms with Gasteiger partial charge in [-0.25, -0.2) is 0 Å². The van der Waals surface area contributed by atoms with Crippen LogP contribution in [0.1, 0.15) is 16.8 Å². The quantitative estimate of drug-likeness (QED) is 0.505. The Morgan fingerprint density at radius 3 is 2.50 bits per heavy atom. The van der Waals surface area contributed by atoms with Gasteiger partial charge in [0.05, 0.1) is 4.53 Å². The molecule has 0 aliphatic heterocycles. The van der Waals surface area contributed by atoms with E-state index in [2.05, 4.69) is 26.0 Å². The summed E-state index contributed by atoms with van der Waals surface area (Å²) in [5, 5.41) is 4.26. The molecule has 26 heavy (non-hydrogen) atoms. The molecule has 0 aliphatic carbocycles. The summed E-state index contributed by atoms with van der Waals surface area (Å²) in [6, 6.07) is 17.1. The molecule has 4 aromatic rings. The van der Waals surface area contributed by atoms with Crippen molar-refractivity contribution < 1.29 is 0 Å². The van der Waals surface area contributed by atoms with Crippen molar-refractivity contribution in [3.63, 3.8) is 0 Å². The summed E-state index contributed by atoms with van der Waals surface area (Å²) in [4.78, 5) is 29.3. The number of rotatable bonds is 3. The zero-order chi connectivity index (χ0) is 18.1. The first kappa shape index (κ1) is 16.8. The van der Waals surface area contributed by atoms with E-state index in [0.29, 0.717) is 15.9 Å². The Kier molecular flexibility index (Phi) is 4.48. The standard InChI is InChI=1S/C19H12BrN3O2S/c20-14-8-6-13(7-9-14)11-16-18(25)23-19(26-16)21-17(24)15(22-23)10-12-4-2-1-3-5-12/h1-9,11H,10H2/b16-11-. The zero-order valence-electron chi connectivity index (χ0n) is 13.4. The summed E-state index contributed by atoms with van der Waals surface area (Å²) in [5.41, 5.74) is 1.44. The Bertz CT molecular complexity index is 1250. The summed E-state index contributed by atoms with van der Waals surface area (Å²) in [7, 11) is 0. The predicted molar refractivity (Wildman–Crippen MR) is 106 cm³/mol. The molecule has 0 aliphatic rings. The normalized spacial score (nSPS) is 12.0. The van der Waals surface area contributed by atoms with Gasteiger partial charge in [0, 0.05) is 10.9 Å². The van der Waals surface area contributed by atoms with E-state index in [9.17, 15) is 9.59 Å². The highest BCUT2D eigenvalue weighted by molar-refractivity contribution is 9.10. The highest BCUT2D eigenvalue weighted by Crippen LogP contribution is 2.11. The summed E-state index contributed by atoms with van der Waals surface area (Å²) in [6.07, 6.45) is 2.12. The molecular weight excluding hydrogens is 414 g/mol. The second kappa shape index (κ2) is 6.93. The minimum absolute atomic E-state index is 0.263. The molecule has 128 valence electrons. The molecule has 0 N–H and O–H groups in total. The molecule has 0 amide bonds. The molecule has 2 aromatic carbocycles. The predicted octanol–water partition coefficient (Wildman–Crippen LogP) is 2.41. The molecule has 0 unspecified atom stereocenters. The van der Waals surface area contributed by atoms with Gasteiger partial charge in [-0.15, -0.1) is 0 Å². The Hall–Kier alpha value is -2.64. The van der Waals surface area contributed by atoms with Gasteiger partial charge in [-0.2, -0.15) is 14.6 Å². The molecule has 7 heteroatoms. The number of hydrogen-bond acceptors (Lipinski definition) is 5. The Morgan fingerprint density at radius 1 is 1.04 bits per heavy atom. The number of benzene rings is 2. The lowest BCUT2D eigenvalue weighted by Crippen LogP contribution is -2.28. The maximum absolute atomic E-state index is 12.6. The van der Waals surface area contributed by atoms with Crippen molar-refractivity contribution in [3.05, 3.63) is 101 Å². The van der Waals surface area contributed by atoms with Crippen LogP contribution in [0.15, 0.2) is 68.7 Å². The average Bonchev–Trinajstić information content (AvgIpc) is 2.93. The fourth-order valence-corrected chi connectivity index (χ4v) is 3.72. The third-order valence-electron chi connectivity index (χ3n) is 3.83. The van der Waals surface area contributed by atoms with E-state index >= 15 is 0 Å². The molecule has 0 saturated carbocycles. The van der Waals surface area contributed by atoms with Crippen molar-refractivity contribution >= 4 is 38.3 Å². The molecule has 0 saturated heterocycles. The number of fused-ring (bicyclic) bond motifs is 1. The van der Waals surface area contributed by atoms with Crippen molar-refractivity contribution in [2.45, 2.75) is 6.42 Å². The molecule has 0 bridgehead atoms. The lowest BCUT2D eigenvalue weighted by Gasteiger charge is -1.99. The van der Waals surface area contributed by atoms with Crippen LogP contribution in [0.25, 0.3) is 11.0 Å². The Labute approximate surface area is 160 Å². The van der Waals surface area contributed by atoms with Crippen LogP contribution in [-0.4, -0.2) is 14.6 Å². The monoisotopic (exact) mass is 425 g/mol. The van der Waals surface area contributed by atoms with Crippen LogP contribution < -0.4 is 15.7 Å². The van der Waals surface area contributed by atoms with Gasteiger partial charge in [0.15, 0.2) is 0 Å². The van der Waals surface area contributed by atoms with Crippen LogP contribution in [0.2, 0.25) is 0 Å². The van der Waals surface area contributed by atoms with Crippen molar-refractivity contribution in [1.82, 2.24) is 14.6 Å². The second-order valence-electron chi connectivity index (χ2n) is 5.69. The summed E-state index contributed by atoms with van der Waals surface area (Å²) in [5.74, 6) is 0. The first-order chi connectivity index (χ1) is 12.6. The van der Waals surface area contributed by atoms with Crippen LogP contribution in [0.4, 0.5) is 0 Å². The van der Waals surface area contributed by atoms with E-state index in [1.54, 1.807) is 6.08 Å². The second-order valence-corrected chi connectivity index (χ2v) is 7.61. The van der Waals surface area contributed by atoms with Crippen LogP contribution in [0.3, 0.4) is 0 Å². The molecule has 2 aromatic heterocycles. The Morgan fingerprint density at radius 2 is 1.77 bits per heavy atom.